The summed E-state index contributed by atoms with van der Waals surface area (Å²) in [5, 5.41) is 7.84. The molecule has 0 radical (unpaired) electrons. The number of rotatable bonds is 5. The maximum Gasteiger partial charge on any atom is 0.241 e. The van der Waals surface area contributed by atoms with Crippen LogP contribution in [0.5, 0.6) is 0 Å². The van der Waals surface area contributed by atoms with E-state index in [0.717, 1.165) is 12.8 Å². The molecule has 5 heteroatoms. The van der Waals surface area contributed by atoms with Gasteiger partial charge in [-0.3, -0.25) is 14.3 Å². The highest BCUT2D eigenvalue weighted by atomic mass is 16.2. The van der Waals surface area contributed by atoms with E-state index in [0.29, 0.717) is 17.4 Å². The third kappa shape index (κ3) is 3.50. The average Bonchev–Trinajstić information content (AvgIpc) is 3.20. The van der Waals surface area contributed by atoms with Crippen LogP contribution in [-0.4, -0.2) is 22.2 Å². The lowest BCUT2D eigenvalue weighted by Gasteiger charge is -2.30. The molecule has 1 N–H and O–H groups in total. The largest absolute Gasteiger partial charge is 0.354 e. The summed E-state index contributed by atoms with van der Waals surface area (Å²) in [6.07, 6.45) is 5.85. The van der Waals surface area contributed by atoms with Gasteiger partial charge in [-0.25, -0.2) is 0 Å². The third-order valence-corrected chi connectivity index (χ3v) is 5.63. The number of fused-ring (bicyclic) bond motifs is 1. The van der Waals surface area contributed by atoms with Gasteiger partial charge in [-0.1, -0.05) is 55.3 Å². The van der Waals surface area contributed by atoms with E-state index in [1.807, 2.05) is 24.3 Å². The Kier molecular flexibility index (Phi) is 4.75. The van der Waals surface area contributed by atoms with Gasteiger partial charge in [-0.15, -0.1) is 0 Å². The number of benzene rings is 2. The van der Waals surface area contributed by atoms with Crippen molar-refractivity contribution >= 4 is 16.8 Å². The molecule has 1 aliphatic carbocycles. The number of hydrogen-bond acceptors (Lipinski definition) is 3. The van der Waals surface area contributed by atoms with Crippen LogP contribution in [0.2, 0.25) is 0 Å². The van der Waals surface area contributed by atoms with Gasteiger partial charge in [0.15, 0.2) is 0 Å². The van der Waals surface area contributed by atoms with Crippen LogP contribution in [0.4, 0.5) is 0 Å². The Morgan fingerprint density at radius 3 is 2.52 bits per heavy atom. The van der Waals surface area contributed by atoms with Crippen molar-refractivity contribution in [2.75, 3.05) is 6.54 Å². The lowest BCUT2D eigenvalue weighted by Crippen LogP contribution is -2.40. The summed E-state index contributed by atoms with van der Waals surface area (Å²) in [4.78, 5) is 24.6. The highest BCUT2D eigenvalue weighted by Crippen LogP contribution is 2.40. The van der Waals surface area contributed by atoms with Crippen molar-refractivity contribution in [2.24, 2.45) is 0 Å². The van der Waals surface area contributed by atoms with E-state index < -0.39 is 0 Å². The molecule has 5 nitrogen and oxygen atoms in total. The molecule has 0 unspecified atom stereocenters. The molecule has 1 aromatic heterocycles. The molecule has 138 valence electrons. The first-order chi connectivity index (χ1) is 13.2. The molecular formula is C22H23N3O2. The first-order valence-corrected chi connectivity index (χ1v) is 9.45. The predicted octanol–water partition coefficient (Wildman–Crippen LogP) is 3.02. The molecule has 0 spiro atoms. The average molecular weight is 361 g/mol. The molecule has 27 heavy (non-hydrogen) atoms. The Morgan fingerprint density at radius 1 is 1.04 bits per heavy atom. The zero-order chi connectivity index (χ0) is 18.7. The minimum atomic E-state index is -0.128. The van der Waals surface area contributed by atoms with Crippen molar-refractivity contribution in [2.45, 2.75) is 37.6 Å². The summed E-state index contributed by atoms with van der Waals surface area (Å²) < 4.78 is 1.59. The SMILES string of the molecule is O=C(Cn1ncc(=O)c2ccccc21)NCC1(c2ccccc2)CCCC1. The zero-order valence-electron chi connectivity index (χ0n) is 15.2. The minimum absolute atomic E-state index is 0.0238. The molecule has 0 atom stereocenters. The molecule has 4 rings (SSSR count). The second-order valence-corrected chi connectivity index (χ2v) is 7.31. The van der Waals surface area contributed by atoms with E-state index in [1.54, 1.807) is 10.7 Å². The van der Waals surface area contributed by atoms with Crippen LogP contribution in [0.25, 0.3) is 10.9 Å². The van der Waals surface area contributed by atoms with Gasteiger partial charge >= 0.3 is 0 Å². The van der Waals surface area contributed by atoms with Gasteiger partial charge in [0.2, 0.25) is 11.3 Å². The van der Waals surface area contributed by atoms with Crippen LogP contribution < -0.4 is 10.7 Å². The van der Waals surface area contributed by atoms with Crippen LogP contribution >= 0.6 is 0 Å². The van der Waals surface area contributed by atoms with Gasteiger partial charge in [0.1, 0.15) is 6.54 Å². The van der Waals surface area contributed by atoms with Crippen LogP contribution in [0, 0.1) is 0 Å². The Bertz CT molecular complexity index is 1000. The number of para-hydroxylation sites is 1. The summed E-state index contributed by atoms with van der Waals surface area (Å²) in [5.41, 5.74) is 1.88. The summed E-state index contributed by atoms with van der Waals surface area (Å²) in [7, 11) is 0. The second kappa shape index (κ2) is 7.35. The summed E-state index contributed by atoms with van der Waals surface area (Å²) in [6, 6.07) is 17.7. The maximum absolute atomic E-state index is 12.6. The van der Waals surface area contributed by atoms with E-state index >= 15 is 0 Å². The van der Waals surface area contributed by atoms with Crippen molar-refractivity contribution in [3.05, 3.63) is 76.6 Å². The monoisotopic (exact) mass is 361 g/mol. The molecule has 0 bridgehead atoms. The first-order valence-electron chi connectivity index (χ1n) is 9.45. The van der Waals surface area contributed by atoms with E-state index in [4.69, 9.17) is 0 Å². The quantitative estimate of drug-likeness (QED) is 0.760. The van der Waals surface area contributed by atoms with Gasteiger partial charge in [0.25, 0.3) is 0 Å². The predicted molar refractivity (Wildman–Crippen MR) is 106 cm³/mol. The smallest absolute Gasteiger partial charge is 0.241 e. The third-order valence-electron chi connectivity index (χ3n) is 5.63. The van der Waals surface area contributed by atoms with E-state index in [1.165, 1.54) is 24.6 Å². The Hall–Kier alpha value is -2.95. The second-order valence-electron chi connectivity index (χ2n) is 7.31. The number of carbonyl (C=O) groups excluding carboxylic acids is 1. The molecule has 1 aliphatic rings. The molecule has 3 aromatic rings. The maximum atomic E-state index is 12.6. The molecule has 1 saturated carbocycles. The highest BCUT2D eigenvalue weighted by Gasteiger charge is 2.35. The van der Waals surface area contributed by atoms with Gasteiger partial charge < -0.3 is 5.32 Å². The summed E-state index contributed by atoms with van der Waals surface area (Å²) in [5.74, 6) is -0.0847. The Labute approximate surface area is 158 Å². The van der Waals surface area contributed by atoms with Gasteiger partial charge in [0, 0.05) is 17.3 Å². The molecule has 1 heterocycles. The molecule has 0 aliphatic heterocycles. The number of nitrogens with one attached hydrogen (secondary N) is 1. The standard InChI is InChI=1S/C22H23N3O2/c26-20-14-24-25(19-11-5-4-10-18(19)20)15-21(27)23-16-22(12-6-7-13-22)17-8-2-1-3-9-17/h1-5,8-11,14H,6-7,12-13,15-16H2,(H,23,27). The minimum Gasteiger partial charge on any atom is -0.354 e. The summed E-state index contributed by atoms with van der Waals surface area (Å²) in [6.45, 7) is 0.736. The van der Waals surface area contributed by atoms with E-state index in [-0.39, 0.29) is 23.3 Å². The normalized spacial score (nSPS) is 15.7. The van der Waals surface area contributed by atoms with Crippen LogP contribution in [-0.2, 0) is 16.8 Å². The molecular weight excluding hydrogens is 338 g/mol. The Morgan fingerprint density at radius 2 is 1.74 bits per heavy atom. The van der Waals surface area contributed by atoms with Crippen LogP contribution in [0.1, 0.15) is 31.2 Å². The van der Waals surface area contributed by atoms with Crippen molar-refractivity contribution in [1.82, 2.24) is 15.1 Å². The lowest BCUT2D eigenvalue weighted by molar-refractivity contribution is -0.122. The van der Waals surface area contributed by atoms with Gasteiger partial charge in [0.05, 0.1) is 11.7 Å². The highest BCUT2D eigenvalue weighted by molar-refractivity contribution is 5.81. The number of carbonyl (C=O) groups is 1. The fourth-order valence-corrected chi connectivity index (χ4v) is 4.16. The zero-order valence-corrected chi connectivity index (χ0v) is 15.2. The van der Waals surface area contributed by atoms with Crippen molar-refractivity contribution in [1.29, 1.82) is 0 Å². The lowest BCUT2D eigenvalue weighted by atomic mass is 9.79. The Balaban J connectivity index is 1.50. The molecule has 1 amide bonds. The molecule has 0 saturated heterocycles. The topological polar surface area (TPSA) is 64.0 Å². The van der Waals surface area contributed by atoms with Crippen LogP contribution in [0.15, 0.2) is 65.6 Å². The molecule has 1 fully saturated rings. The summed E-state index contributed by atoms with van der Waals surface area (Å²) >= 11 is 0. The number of nitrogens with zero attached hydrogens (tertiary/aromatic N) is 2. The number of amides is 1. The van der Waals surface area contributed by atoms with Crippen LogP contribution in [0.3, 0.4) is 0 Å². The van der Waals surface area contributed by atoms with E-state index in [2.05, 4.69) is 34.7 Å². The van der Waals surface area contributed by atoms with Crippen molar-refractivity contribution < 1.29 is 4.79 Å². The first kappa shape index (κ1) is 17.5. The van der Waals surface area contributed by atoms with Crippen molar-refractivity contribution in [3.8, 4) is 0 Å². The van der Waals surface area contributed by atoms with Crippen molar-refractivity contribution in [3.63, 3.8) is 0 Å². The molecule has 2 aromatic carbocycles. The van der Waals surface area contributed by atoms with Gasteiger partial charge in [-0.2, -0.15) is 5.10 Å². The van der Waals surface area contributed by atoms with E-state index in [9.17, 15) is 9.59 Å². The number of aromatic nitrogens is 2. The fraction of sp³-hybridized carbons (Fsp3) is 0.318. The van der Waals surface area contributed by atoms with Gasteiger partial charge in [-0.05, 0) is 30.5 Å². The number of hydrogen-bond donors (Lipinski definition) is 1. The fourth-order valence-electron chi connectivity index (χ4n) is 4.16.